The molecule has 7 heteroatoms. The van der Waals surface area contributed by atoms with Crippen molar-refractivity contribution in [2.45, 2.75) is 25.9 Å². The van der Waals surface area contributed by atoms with Crippen LogP contribution in [0.1, 0.15) is 23.7 Å². The minimum absolute atomic E-state index is 0.0346. The standard InChI is InChI=1S/C21H19ClN4O2/c1-13-19(15-7-9-16(22)10-8-15)20-24-21(28)17(26(20)25-13)11-18(27)23-12-14-5-3-2-4-6-14/h2-10,17H,11-12H2,1H3,(H,23,27)(H,24,28). The van der Waals surface area contributed by atoms with Crippen molar-refractivity contribution in [1.29, 1.82) is 0 Å². The molecule has 0 aliphatic carbocycles. The van der Waals surface area contributed by atoms with Gasteiger partial charge in [-0.3, -0.25) is 9.59 Å². The van der Waals surface area contributed by atoms with Crippen LogP contribution in [0.15, 0.2) is 54.6 Å². The monoisotopic (exact) mass is 394 g/mol. The van der Waals surface area contributed by atoms with Gasteiger partial charge in [0.1, 0.15) is 11.9 Å². The number of fused-ring (bicyclic) bond motifs is 1. The molecule has 0 saturated heterocycles. The molecule has 28 heavy (non-hydrogen) atoms. The topological polar surface area (TPSA) is 76.0 Å². The number of hydrogen-bond acceptors (Lipinski definition) is 3. The summed E-state index contributed by atoms with van der Waals surface area (Å²) in [5.41, 5.74) is 3.55. The van der Waals surface area contributed by atoms with E-state index in [1.54, 1.807) is 16.8 Å². The zero-order chi connectivity index (χ0) is 19.7. The first-order valence-electron chi connectivity index (χ1n) is 8.99. The van der Waals surface area contributed by atoms with Gasteiger partial charge in [0.2, 0.25) is 5.91 Å². The van der Waals surface area contributed by atoms with Crippen molar-refractivity contribution in [2.75, 3.05) is 5.32 Å². The summed E-state index contributed by atoms with van der Waals surface area (Å²) in [6, 6.07) is 16.4. The number of hydrogen-bond donors (Lipinski definition) is 2. The fourth-order valence-electron chi connectivity index (χ4n) is 3.39. The predicted octanol–water partition coefficient (Wildman–Crippen LogP) is 3.71. The van der Waals surface area contributed by atoms with Crippen LogP contribution in [0.2, 0.25) is 5.02 Å². The van der Waals surface area contributed by atoms with Crippen molar-refractivity contribution in [2.24, 2.45) is 0 Å². The molecule has 1 aliphatic heterocycles. The van der Waals surface area contributed by atoms with Crippen molar-refractivity contribution < 1.29 is 9.59 Å². The van der Waals surface area contributed by atoms with Gasteiger partial charge in [-0.15, -0.1) is 0 Å². The van der Waals surface area contributed by atoms with E-state index in [9.17, 15) is 9.59 Å². The molecular weight excluding hydrogens is 376 g/mol. The number of carbonyl (C=O) groups is 2. The Labute approximate surface area is 167 Å². The summed E-state index contributed by atoms with van der Waals surface area (Å²) in [4.78, 5) is 24.9. The third-order valence-corrected chi connectivity index (χ3v) is 5.02. The first-order chi connectivity index (χ1) is 13.5. The SMILES string of the molecule is Cc1nn2c(c1-c1ccc(Cl)cc1)NC(=O)C2CC(=O)NCc1ccccc1. The molecule has 0 bridgehead atoms. The van der Waals surface area contributed by atoms with E-state index in [2.05, 4.69) is 15.7 Å². The molecule has 2 N–H and O–H groups in total. The Kier molecular flexibility index (Phi) is 4.88. The molecule has 1 atom stereocenters. The number of anilines is 1. The highest BCUT2D eigenvalue weighted by Crippen LogP contribution is 2.38. The summed E-state index contributed by atoms with van der Waals surface area (Å²) in [5, 5.41) is 10.9. The van der Waals surface area contributed by atoms with Crippen LogP contribution in [0.25, 0.3) is 11.1 Å². The molecule has 2 amide bonds. The number of aryl methyl sites for hydroxylation is 1. The van der Waals surface area contributed by atoms with E-state index in [0.29, 0.717) is 17.4 Å². The van der Waals surface area contributed by atoms with Gasteiger partial charge in [0.25, 0.3) is 5.91 Å². The van der Waals surface area contributed by atoms with Gasteiger partial charge in [-0.2, -0.15) is 5.10 Å². The Balaban J connectivity index is 1.52. The van der Waals surface area contributed by atoms with E-state index in [0.717, 1.165) is 22.4 Å². The number of rotatable bonds is 5. The second kappa shape index (κ2) is 7.48. The molecule has 1 aliphatic rings. The largest absolute Gasteiger partial charge is 0.352 e. The van der Waals surface area contributed by atoms with E-state index in [1.807, 2.05) is 49.4 Å². The van der Waals surface area contributed by atoms with Crippen LogP contribution in [0, 0.1) is 6.92 Å². The lowest BCUT2D eigenvalue weighted by molar-refractivity contribution is -0.126. The lowest BCUT2D eigenvalue weighted by Crippen LogP contribution is -2.28. The van der Waals surface area contributed by atoms with E-state index in [1.165, 1.54) is 0 Å². The van der Waals surface area contributed by atoms with E-state index in [4.69, 9.17) is 11.6 Å². The highest BCUT2D eigenvalue weighted by atomic mass is 35.5. The smallest absolute Gasteiger partial charge is 0.251 e. The Morgan fingerprint density at radius 2 is 1.89 bits per heavy atom. The fraction of sp³-hybridized carbons (Fsp3) is 0.190. The molecule has 4 rings (SSSR count). The summed E-state index contributed by atoms with van der Waals surface area (Å²) in [7, 11) is 0. The van der Waals surface area contributed by atoms with Gasteiger partial charge in [-0.05, 0) is 30.2 Å². The Morgan fingerprint density at radius 3 is 2.61 bits per heavy atom. The van der Waals surface area contributed by atoms with Gasteiger partial charge in [-0.25, -0.2) is 4.68 Å². The molecule has 2 aromatic carbocycles. The normalized spacial score (nSPS) is 15.2. The van der Waals surface area contributed by atoms with Crippen molar-refractivity contribution in [3.8, 4) is 11.1 Å². The number of aromatic nitrogens is 2. The fourth-order valence-corrected chi connectivity index (χ4v) is 3.52. The first-order valence-corrected chi connectivity index (χ1v) is 9.37. The van der Waals surface area contributed by atoms with Crippen LogP contribution in [-0.2, 0) is 16.1 Å². The summed E-state index contributed by atoms with van der Waals surface area (Å²) >= 11 is 5.97. The van der Waals surface area contributed by atoms with Gasteiger partial charge in [0.15, 0.2) is 0 Å². The van der Waals surface area contributed by atoms with Crippen molar-refractivity contribution in [3.05, 3.63) is 70.9 Å². The molecule has 142 valence electrons. The number of nitrogens with one attached hydrogen (secondary N) is 2. The molecule has 0 saturated carbocycles. The number of nitrogens with zero attached hydrogens (tertiary/aromatic N) is 2. The van der Waals surface area contributed by atoms with Crippen molar-refractivity contribution in [1.82, 2.24) is 15.1 Å². The molecule has 1 aromatic heterocycles. The number of benzene rings is 2. The van der Waals surface area contributed by atoms with Crippen LogP contribution in [0.5, 0.6) is 0 Å². The molecule has 0 radical (unpaired) electrons. The van der Waals surface area contributed by atoms with E-state index in [-0.39, 0.29) is 18.2 Å². The Morgan fingerprint density at radius 1 is 1.18 bits per heavy atom. The minimum Gasteiger partial charge on any atom is -0.352 e. The number of carbonyl (C=O) groups excluding carboxylic acids is 2. The van der Waals surface area contributed by atoms with E-state index < -0.39 is 6.04 Å². The second-order valence-electron chi connectivity index (χ2n) is 6.73. The minimum atomic E-state index is -0.662. The van der Waals surface area contributed by atoms with E-state index >= 15 is 0 Å². The van der Waals surface area contributed by atoms with Crippen LogP contribution >= 0.6 is 11.6 Å². The maximum absolute atomic E-state index is 12.5. The lowest BCUT2D eigenvalue weighted by Gasteiger charge is -2.10. The summed E-state index contributed by atoms with van der Waals surface area (Å²) in [6.45, 7) is 2.31. The predicted molar refractivity (Wildman–Crippen MR) is 108 cm³/mol. The molecular formula is C21H19ClN4O2. The summed E-state index contributed by atoms with van der Waals surface area (Å²) < 4.78 is 1.61. The molecule has 0 fully saturated rings. The molecule has 1 unspecified atom stereocenters. The van der Waals surface area contributed by atoms with Crippen molar-refractivity contribution >= 4 is 29.2 Å². The summed E-state index contributed by atoms with van der Waals surface area (Å²) in [5.74, 6) is 0.191. The Bertz CT molecular complexity index is 1030. The van der Waals surface area contributed by atoms with Crippen molar-refractivity contribution in [3.63, 3.8) is 0 Å². The third kappa shape index (κ3) is 3.51. The van der Waals surface area contributed by atoms with Gasteiger partial charge in [0.05, 0.1) is 12.1 Å². The van der Waals surface area contributed by atoms with Crippen LogP contribution in [-0.4, -0.2) is 21.6 Å². The zero-order valence-electron chi connectivity index (χ0n) is 15.3. The summed E-state index contributed by atoms with van der Waals surface area (Å²) in [6.07, 6.45) is 0.0346. The molecule has 2 heterocycles. The van der Waals surface area contributed by atoms with Gasteiger partial charge < -0.3 is 10.6 Å². The van der Waals surface area contributed by atoms with Crippen LogP contribution in [0.4, 0.5) is 5.82 Å². The van der Waals surface area contributed by atoms with Gasteiger partial charge >= 0.3 is 0 Å². The highest BCUT2D eigenvalue weighted by Gasteiger charge is 2.36. The highest BCUT2D eigenvalue weighted by molar-refractivity contribution is 6.30. The maximum Gasteiger partial charge on any atom is 0.251 e. The quantitative estimate of drug-likeness (QED) is 0.692. The van der Waals surface area contributed by atoms with Gasteiger partial charge in [-0.1, -0.05) is 54.1 Å². The lowest BCUT2D eigenvalue weighted by atomic mass is 10.1. The molecule has 6 nitrogen and oxygen atoms in total. The number of amides is 2. The maximum atomic E-state index is 12.5. The molecule has 0 spiro atoms. The van der Waals surface area contributed by atoms with Crippen LogP contribution in [0.3, 0.4) is 0 Å². The Hall–Kier alpha value is -3.12. The third-order valence-electron chi connectivity index (χ3n) is 4.77. The van der Waals surface area contributed by atoms with Crippen LogP contribution < -0.4 is 10.6 Å². The number of halogens is 1. The van der Waals surface area contributed by atoms with Gasteiger partial charge in [0, 0.05) is 17.1 Å². The zero-order valence-corrected chi connectivity index (χ0v) is 16.0. The second-order valence-corrected chi connectivity index (χ2v) is 7.17. The average molecular weight is 395 g/mol. The first kappa shape index (κ1) is 18.3. The average Bonchev–Trinajstić information content (AvgIpc) is 3.16. The molecule has 3 aromatic rings.